The van der Waals surface area contributed by atoms with Crippen molar-refractivity contribution in [3.63, 3.8) is 0 Å². The molecule has 126 valence electrons. The summed E-state index contributed by atoms with van der Waals surface area (Å²) in [6.45, 7) is 0. The fourth-order valence-corrected chi connectivity index (χ4v) is 2.94. The number of hydrogen-bond donors (Lipinski definition) is 0. The number of carbonyl (C=O) groups excluding carboxylic acids is 1. The number of hydrogen-bond acceptors (Lipinski definition) is 3. The first-order valence-electron chi connectivity index (χ1n) is 8.05. The third-order valence-electron chi connectivity index (χ3n) is 4.24. The Morgan fingerprint density at radius 2 is 1.46 bits per heavy atom. The standard InChI is InChI=1S/C22H13FO3/c23-17-11-9-16(10-12-17)22-20(15-7-5-14(13-24)6-8-15)21(25)18-3-1-2-4-19(18)26-22/h1-13H. The minimum Gasteiger partial charge on any atom is -0.455 e. The van der Waals surface area contributed by atoms with Crippen molar-refractivity contribution in [1.82, 2.24) is 0 Å². The van der Waals surface area contributed by atoms with Gasteiger partial charge in [0.15, 0.2) is 0 Å². The Morgan fingerprint density at radius 1 is 0.808 bits per heavy atom. The molecule has 4 heteroatoms. The molecule has 26 heavy (non-hydrogen) atoms. The van der Waals surface area contributed by atoms with Crippen LogP contribution >= 0.6 is 0 Å². The normalized spacial score (nSPS) is 10.8. The van der Waals surface area contributed by atoms with Gasteiger partial charge in [0.1, 0.15) is 23.4 Å². The van der Waals surface area contributed by atoms with Crippen molar-refractivity contribution >= 4 is 17.3 Å². The van der Waals surface area contributed by atoms with E-state index in [0.717, 1.165) is 6.29 Å². The Balaban J connectivity index is 2.06. The van der Waals surface area contributed by atoms with E-state index in [0.29, 0.717) is 39.0 Å². The van der Waals surface area contributed by atoms with Crippen LogP contribution in [0.5, 0.6) is 0 Å². The number of fused-ring (bicyclic) bond motifs is 1. The maximum atomic E-state index is 13.3. The van der Waals surface area contributed by atoms with Crippen LogP contribution in [0.3, 0.4) is 0 Å². The molecule has 3 nitrogen and oxygen atoms in total. The van der Waals surface area contributed by atoms with Crippen LogP contribution in [0.4, 0.5) is 4.39 Å². The van der Waals surface area contributed by atoms with Crippen LogP contribution in [-0.4, -0.2) is 6.29 Å². The highest BCUT2D eigenvalue weighted by Gasteiger charge is 2.17. The Kier molecular flexibility index (Phi) is 3.93. The topological polar surface area (TPSA) is 47.3 Å². The first-order chi connectivity index (χ1) is 12.7. The van der Waals surface area contributed by atoms with Gasteiger partial charge in [0.2, 0.25) is 5.43 Å². The largest absolute Gasteiger partial charge is 0.455 e. The molecule has 0 amide bonds. The van der Waals surface area contributed by atoms with E-state index in [4.69, 9.17) is 4.42 Å². The van der Waals surface area contributed by atoms with Gasteiger partial charge in [-0.05, 0) is 42.0 Å². The van der Waals surface area contributed by atoms with Crippen molar-refractivity contribution in [3.05, 3.63) is 94.4 Å². The maximum Gasteiger partial charge on any atom is 0.201 e. The number of carbonyl (C=O) groups is 1. The lowest BCUT2D eigenvalue weighted by Crippen LogP contribution is -2.07. The van der Waals surface area contributed by atoms with Gasteiger partial charge >= 0.3 is 0 Å². The number of benzene rings is 3. The zero-order valence-electron chi connectivity index (χ0n) is 13.6. The van der Waals surface area contributed by atoms with Crippen molar-refractivity contribution in [3.8, 4) is 22.5 Å². The molecule has 0 N–H and O–H groups in total. The molecular weight excluding hydrogens is 331 g/mol. The average molecular weight is 344 g/mol. The number of aldehydes is 1. The maximum absolute atomic E-state index is 13.3. The lowest BCUT2D eigenvalue weighted by Gasteiger charge is -2.11. The summed E-state index contributed by atoms with van der Waals surface area (Å²) >= 11 is 0. The summed E-state index contributed by atoms with van der Waals surface area (Å²) in [6.07, 6.45) is 0.744. The van der Waals surface area contributed by atoms with Gasteiger partial charge in [-0.1, -0.05) is 36.4 Å². The third-order valence-corrected chi connectivity index (χ3v) is 4.24. The quantitative estimate of drug-likeness (QED) is 0.487. The SMILES string of the molecule is O=Cc1ccc(-c2c(-c3ccc(F)cc3)oc3ccccc3c2=O)cc1. The number of para-hydroxylation sites is 1. The molecule has 1 aromatic heterocycles. The Morgan fingerprint density at radius 3 is 2.15 bits per heavy atom. The summed E-state index contributed by atoms with van der Waals surface area (Å²) in [5, 5.41) is 0.466. The van der Waals surface area contributed by atoms with Crippen molar-refractivity contribution < 1.29 is 13.6 Å². The molecule has 0 saturated carbocycles. The summed E-state index contributed by atoms with van der Waals surface area (Å²) in [5.74, 6) is 0.00123. The molecule has 0 fully saturated rings. The van der Waals surface area contributed by atoms with Crippen LogP contribution in [0, 0.1) is 5.82 Å². The highest BCUT2D eigenvalue weighted by Crippen LogP contribution is 2.32. The zero-order chi connectivity index (χ0) is 18.1. The predicted molar refractivity (Wildman–Crippen MR) is 98.7 cm³/mol. The summed E-state index contributed by atoms with van der Waals surface area (Å²) in [4.78, 5) is 24.0. The Hall–Kier alpha value is -3.53. The van der Waals surface area contributed by atoms with Crippen LogP contribution in [-0.2, 0) is 0 Å². The van der Waals surface area contributed by atoms with E-state index in [1.165, 1.54) is 12.1 Å². The predicted octanol–water partition coefficient (Wildman–Crippen LogP) is 5.08. The summed E-state index contributed by atoms with van der Waals surface area (Å²) in [5.41, 5.74) is 2.42. The van der Waals surface area contributed by atoms with Crippen LogP contribution in [0.25, 0.3) is 33.4 Å². The van der Waals surface area contributed by atoms with Crippen LogP contribution in [0.15, 0.2) is 82.0 Å². The van der Waals surface area contributed by atoms with Crippen molar-refractivity contribution in [1.29, 1.82) is 0 Å². The molecule has 1 heterocycles. The molecule has 0 aliphatic heterocycles. The van der Waals surface area contributed by atoms with Crippen LogP contribution in [0.2, 0.25) is 0 Å². The molecule has 0 atom stereocenters. The van der Waals surface area contributed by atoms with E-state index in [9.17, 15) is 14.0 Å². The van der Waals surface area contributed by atoms with Gasteiger partial charge in [0.25, 0.3) is 0 Å². The Bertz CT molecular complexity index is 1160. The summed E-state index contributed by atoms with van der Waals surface area (Å²) in [7, 11) is 0. The third kappa shape index (κ3) is 2.71. The lowest BCUT2D eigenvalue weighted by atomic mass is 9.97. The zero-order valence-corrected chi connectivity index (χ0v) is 13.6. The fourth-order valence-electron chi connectivity index (χ4n) is 2.94. The monoisotopic (exact) mass is 344 g/mol. The second-order valence-electron chi connectivity index (χ2n) is 5.88. The smallest absolute Gasteiger partial charge is 0.201 e. The highest BCUT2D eigenvalue weighted by molar-refractivity contribution is 5.89. The first-order valence-corrected chi connectivity index (χ1v) is 8.05. The Labute approximate surface area is 148 Å². The number of rotatable bonds is 3. The molecule has 4 rings (SSSR count). The van der Waals surface area contributed by atoms with E-state index < -0.39 is 0 Å². The molecule has 0 aliphatic rings. The average Bonchev–Trinajstić information content (AvgIpc) is 2.69. The van der Waals surface area contributed by atoms with Gasteiger partial charge in [-0.2, -0.15) is 0 Å². The number of halogens is 1. The lowest BCUT2D eigenvalue weighted by molar-refractivity contribution is 0.112. The van der Waals surface area contributed by atoms with Crippen molar-refractivity contribution in [2.45, 2.75) is 0 Å². The van der Waals surface area contributed by atoms with Crippen LogP contribution < -0.4 is 5.43 Å². The molecular formula is C22H13FO3. The van der Waals surface area contributed by atoms with E-state index in [1.807, 2.05) is 0 Å². The van der Waals surface area contributed by atoms with E-state index in [-0.39, 0.29) is 11.2 Å². The van der Waals surface area contributed by atoms with Crippen molar-refractivity contribution in [2.75, 3.05) is 0 Å². The molecule has 3 aromatic carbocycles. The van der Waals surface area contributed by atoms with Gasteiger partial charge < -0.3 is 4.42 Å². The van der Waals surface area contributed by atoms with Gasteiger partial charge in [-0.15, -0.1) is 0 Å². The van der Waals surface area contributed by atoms with Crippen molar-refractivity contribution in [2.24, 2.45) is 0 Å². The van der Waals surface area contributed by atoms with Crippen LogP contribution in [0.1, 0.15) is 10.4 Å². The molecule has 0 aliphatic carbocycles. The second-order valence-corrected chi connectivity index (χ2v) is 5.88. The fraction of sp³-hybridized carbons (Fsp3) is 0. The highest BCUT2D eigenvalue weighted by atomic mass is 19.1. The molecule has 0 saturated heterocycles. The summed E-state index contributed by atoms with van der Waals surface area (Å²) < 4.78 is 19.3. The molecule has 0 unspecified atom stereocenters. The second kappa shape index (κ2) is 6.41. The molecule has 0 bridgehead atoms. The minimum atomic E-state index is -0.367. The molecule has 4 aromatic rings. The first kappa shape index (κ1) is 16.0. The van der Waals surface area contributed by atoms with Gasteiger partial charge in [-0.25, -0.2) is 4.39 Å². The van der Waals surface area contributed by atoms with Gasteiger partial charge in [0, 0.05) is 11.1 Å². The van der Waals surface area contributed by atoms with Gasteiger partial charge in [-0.3, -0.25) is 9.59 Å². The molecule has 0 spiro atoms. The molecule has 0 radical (unpaired) electrons. The van der Waals surface area contributed by atoms with Gasteiger partial charge in [0.05, 0.1) is 10.9 Å². The summed E-state index contributed by atoms with van der Waals surface area (Å²) in [6, 6.07) is 19.5. The van der Waals surface area contributed by atoms with E-state index >= 15 is 0 Å². The van der Waals surface area contributed by atoms with E-state index in [2.05, 4.69) is 0 Å². The minimum absolute atomic E-state index is 0.176. The van der Waals surface area contributed by atoms with E-state index in [1.54, 1.807) is 60.7 Å².